The van der Waals surface area contributed by atoms with Crippen LogP contribution >= 0.6 is 11.3 Å². The molecule has 1 heterocycles. The minimum absolute atomic E-state index is 0.0356. The zero-order chi connectivity index (χ0) is 16.9. The second-order valence-electron chi connectivity index (χ2n) is 5.04. The Morgan fingerprint density at radius 1 is 1.35 bits per heavy atom. The average molecular weight is 356 g/mol. The number of sulfone groups is 1. The SMILES string of the molecule is CCCc1nc(CS(=O)(=O)CC(=O)Nc2ccccc2F)cs1. The van der Waals surface area contributed by atoms with Gasteiger partial charge in [0.05, 0.1) is 22.1 Å². The largest absolute Gasteiger partial charge is 0.323 e. The zero-order valence-corrected chi connectivity index (χ0v) is 14.2. The number of amides is 1. The van der Waals surface area contributed by atoms with E-state index in [0.29, 0.717) is 5.69 Å². The van der Waals surface area contributed by atoms with Gasteiger partial charge in [-0.3, -0.25) is 4.79 Å². The summed E-state index contributed by atoms with van der Waals surface area (Å²) in [5.74, 6) is -2.37. The van der Waals surface area contributed by atoms with Gasteiger partial charge >= 0.3 is 0 Å². The van der Waals surface area contributed by atoms with Crippen molar-refractivity contribution in [2.75, 3.05) is 11.1 Å². The van der Waals surface area contributed by atoms with Gasteiger partial charge in [-0.2, -0.15) is 0 Å². The number of aryl methyl sites for hydroxylation is 1. The molecule has 0 unspecified atom stereocenters. The van der Waals surface area contributed by atoms with E-state index in [1.54, 1.807) is 11.4 Å². The topological polar surface area (TPSA) is 76.1 Å². The predicted molar refractivity (Wildman–Crippen MR) is 88.6 cm³/mol. The number of nitrogens with one attached hydrogen (secondary N) is 1. The Labute approximate surface area is 138 Å². The van der Waals surface area contributed by atoms with E-state index in [2.05, 4.69) is 10.3 Å². The molecule has 0 bridgehead atoms. The Morgan fingerprint density at radius 2 is 2.09 bits per heavy atom. The number of carbonyl (C=O) groups excluding carboxylic acids is 1. The first-order valence-corrected chi connectivity index (χ1v) is 9.78. The van der Waals surface area contributed by atoms with Crippen molar-refractivity contribution in [2.45, 2.75) is 25.5 Å². The smallest absolute Gasteiger partial charge is 0.239 e. The summed E-state index contributed by atoms with van der Waals surface area (Å²) in [6.45, 7) is 2.02. The van der Waals surface area contributed by atoms with E-state index in [9.17, 15) is 17.6 Å². The van der Waals surface area contributed by atoms with Crippen LogP contribution in [0.4, 0.5) is 10.1 Å². The standard InChI is InChI=1S/C15H17FN2O3S2/c1-2-5-15-17-11(8-22-15)9-23(20,21)10-14(19)18-13-7-4-3-6-12(13)16/h3-4,6-8H,2,5,9-10H2,1H3,(H,18,19). The van der Waals surface area contributed by atoms with Gasteiger partial charge < -0.3 is 5.32 Å². The van der Waals surface area contributed by atoms with Gasteiger partial charge in [0.2, 0.25) is 5.91 Å². The molecule has 23 heavy (non-hydrogen) atoms. The summed E-state index contributed by atoms with van der Waals surface area (Å²) in [7, 11) is -3.66. The summed E-state index contributed by atoms with van der Waals surface area (Å²) in [4.78, 5) is 16.0. The van der Waals surface area contributed by atoms with Crippen molar-refractivity contribution in [3.8, 4) is 0 Å². The molecule has 1 amide bonds. The Morgan fingerprint density at radius 3 is 2.78 bits per heavy atom. The third-order valence-corrected chi connectivity index (χ3v) is 5.32. The fourth-order valence-electron chi connectivity index (χ4n) is 1.97. The number of aromatic nitrogens is 1. The number of hydrogen-bond acceptors (Lipinski definition) is 5. The van der Waals surface area contributed by atoms with Crippen molar-refractivity contribution in [1.29, 1.82) is 0 Å². The normalized spacial score (nSPS) is 11.4. The van der Waals surface area contributed by atoms with E-state index < -0.39 is 27.3 Å². The molecule has 5 nitrogen and oxygen atoms in total. The van der Waals surface area contributed by atoms with Gasteiger partial charge in [0, 0.05) is 5.38 Å². The Hall–Kier alpha value is -1.80. The number of halogens is 1. The minimum Gasteiger partial charge on any atom is -0.323 e. The molecule has 1 N–H and O–H groups in total. The predicted octanol–water partition coefficient (Wildman–Crippen LogP) is 2.79. The molecule has 8 heteroatoms. The van der Waals surface area contributed by atoms with Crippen molar-refractivity contribution in [3.05, 3.63) is 46.2 Å². The molecule has 2 aromatic rings. The maximum Gasteiger partial charge on any atom is 0.239 e. The van der Waals surface area contributed by atoms with E-state index in [0.717, 1.165) is 17.8 Å². The molecule has 1 aromatic heterocycles. The summed E-state index contributed by atoms with van der Waals surface area (Å²) >= 11 is 1.41. The number of para-hydroxylation sites is 1. The van der Waals surface area contributed by atoms with Gasteiger partial charge in [0.1, 0.15) is 11.6 Å². The van der Waals surface area contributed by atoms with Crippen LogP contribution in [0.2, 0.25) is 0 Å². The highest BCUT2D eigenvalue weighted by atomic mass is 32.2. The number of benzene rings is 1. The first-order chi connectivity index (χ1) is 10.9. The van der Waals surface area contributed by atoms with Crippen molar-refractivity contribution in [1.82, 2.24) is 4.98 Å². The average Bonchev–Trinajstić information content (AvgIpc) is 2.87. The number of hydrogen-bond donors (Lipinski definition) is 1. The highest BCUT2D eigenvalue weighted by Crippen LogP contribution is 2.15. The highest BCUT2D eigenvalue weighted by molar-refractivity contribution is 7.91. The molecular weight excluding hydrogens is 339 g/mol. The van der Waals surface area contributed by atoms with Crippen LogP contribution in [0.1, 0.15) is 24.0 Å². The fourth-order valence-corrected chi connectivity index (χ4v) is 4.15. The maximum atomic E-state index is 13.4. The molecule has 124 valence electrons. The molecule has 0 aliphatic rings. The van der Waals surface area contributed by atoms with E-state index in [4.69, 9.17) is 0 Å². The second kappa shape index (κ2) is 7.65. The van der Waals surface area contributed by atoms with Crippen LogP contribution in [0, 0.1) is 5.82 Å². The molecule has 0 fully saturated rings. The summed E-state index contributed by atoms with van der Waals surface area (Å²) in [5, 5.41) is 4.84. The lowest BCUT2D eigenvalue weighted by molar-refractivity contribution is -0.113. The van der Waals surface area contributed by atoms with Crippen LogP contribution in [0.15, 0.2) is 29.6 Å². The Kier molecular flexibility index (Phi) is 5.84. The van der Waals surface area contributed by atoms with Crippen molar-refractivity contribution < 1.29 is 17.6 Å². The highest BCUT2D eigenvalue weighted by Gasteiger charge is 2.20. The van der Waals surface area contributed by atoms with Crippen molar-refractivity contribution in [2.24, 2.45) is 0 Å². The van der Waals surface area contributed by atoms with E-state index in [1.165, 1.54) is 29.5 Å². The minimum atomic E-state index is -3.66. The monoisotopic (exact) mass is 356 g/mol. The maximum absolute atomic E-state index is 13.4. The first-order valence-electron chi connectivity index (χ1n) is 7.07. The van der Waals surface area contributed by atoms with Gasteiger partial charge in [0.15, 0.2) is 9.84 Å². The Bertz CT molecular complexity index is 788. The zero-order valence-electron chi connectivity index (χ0n) is 12.6. The molecule has 0 aliphatic heterocycles. The van der Waals surface area contributed by atoms with Crippen LogP contribution < -0.4 is 5.32 Å². The summed E-state index contributed by atoms with van der Waals surface area (Å²) in [5.41, 5.74) is 0.406. The van der Waals surface area contributed by atoms with Crippen LogP contribution in [0.3, 0.4) is 0 Å². The number of carbonyl (C=O) groups is 1. The van der Waals surface area contributed by atoms with E-state index in [-0.39, 0.29) is 11.4 Å². The molecule has 0 spiro atoms. The first kappa shape index (κ1) is 17.6. The van der Waals surface area contributed by atoms with Crippen molar-refractivity contribution >= 4 is 32.8 Å². The van der Waals surface area contributed by atoms with Gasteiger partial charge in [-0.15, -0.1) is 11.3 Å². The lowest BCUT2D eigenvalue weighted by Crippen LogP contribution is -2.24. The molecule has 2 rings (SSSR count). The quantitative estimate of drug-likeness (QED) is 0.828. The van der Waals surface area contributed by atoms with E-state index >= 15 is 0 Å². The lowest BCUT2D eigenvalue weighted by Gasteiger charge is -2.06. The lowest BCUT2D eigenvalue weighted by atomic mass is 10.3. The molecule has 0 saturated heterocycles. The molecule has 0 atom stereocenters. The number of thiazole rings is 1. The molecule has 0 aliphatic carbocycles. The second-order valence-corrected chi connectivity index (χ2v) is 8.05. The van der Waals surface area contributed by atoms with Crippen LogP contribution in [-0.4, -0.2) is 25.1 Å². The molecule has 0 radical (unpaired) electrons. The summed E-state index contributed by atoms with van der Waals surface area (Å²) < 4.78 is 37.6. The van der Waals surface area contributed by atoms with Crippen LogP contribution in [0.25, 0.3) is 0 Å². The third-order valence-electron chi connectivity index (χ3n) is 2.93. The fraction of sp³-hybridized carbons (Fsp3) is 0.333. The number of nitrogens with zero attached hydrogens (tertiary/aromatic N) is 1. The van der Waals surface area contributed by atoms with Gasteiger partial charge in [-0.05, 0) is 25.0 Å². The summed E-state index contributed by atoms with van der Waals surface area (Å²) in [6.07, 6.45) is 1.74. The van der Waals surface area contributed by atoms with Gasteiger partial charge in [-0.1, -0.05) is 19.1 Å². The number of anilines is 1. The Balaban J connectivity index is 1.97. The molecular formula is C15H17FN2O3S2. The van der Waals surface area contributed by atoms with Crippen molar-refractivity contribution in [3.63, 3.8) is 0 Å². The summed E-state index contributed by atoms with van der Waals surface area (Å²) in [6, 6.07) is 5.60. The van der Waals surface area contributed by atoms with Crippen LogP contribution in [-0.2, 0) is 26.8 Å². The molecule has 0 saturated carbocycles. The van der Waals surface area contributed by atoms with Crippen LogP contribution in [0.5, 0.6) is 0 Å². The number of rotatable bonds is 7. The van der Waals surface area contributed by atoms with Gasteiger partial charge in [0.25, 0.3) is 0 Å². The third kappa shape index (κ3) is 5.40. The van der Waals surface area contributed by atoms with E-state index in [1.807, 2.05) is 6.92 Å². The van der Waals surface area contributed by atoms with Gasteiger partial charge in [-0.25, -0.2) is 17.8 Å². The molecule has 1 aromatic carbocycles.